The Hall–Kier alpha value is -1.71. The highest BCUT2D eigenvalue weighted by Crippen LogP contribution is 2.40. The molecule has 2 aromatic rings. The molecule has 0 saturated carbocycles. The minimum absolute atomic E-state index is 0.181. The Kier molecular flexibility index (Phi) is 8.82. The Balaban J connectivity index is 1.39. The molecule has 2 aromatic carbocycles. The quantitative estimate of drug-likeness (QED) is 0.491. The van der Waals surface area contributed by atoms with Crippen LogP contribution in [0.3, 0.4) is 0 Å². The monoisotopic (exact) mass is 492 g/mol. The number of hydrogen-bond donors (Lipinski definition) is 2. The highest BCUT2D eigenvalue weighted by molar-refractivity contribution is 6.31. The first-order chi connectivity index (χ1) is 16.5. The molecule has 2 heterocycles. The predicted octanol–water partition coefficient (Wildman–Crippen LogP) is 3.45. The lowest BCUT2D eigenvalue weighted by molar-refractivity contribution is -0.298. The van der Waals surface area contributed by atoms with Gasteiger partial charge < -0.3 is 33.9 Å². The molecule has 34 heavy (non-hydrogen) atoms. The second-order valence-corrected chi connectivity index (χ2v) is 9.21. The van der Waals surface area contributed by atoms with Gasteiger partial charge in [0.15, 0.2) is 5.79 Å². The fourth-order valence-corrected chi connectivity index (χ4v) is 4.68. The third kappa shape index (κ3) is 6.29. The lowest BCUT2D eigenvalue weighted by Gasteiger charge is -2.42. The summed E-state index contributed by atoms with van der Waals surface area (Å²) < 4.78 is 28.6. The van der Waals surface area contributed by atoms with Crippen molar-refractivity contribution in [1.82, 2.24) is 0 Å². The van der Waals surface area contributed by atoms with E-state index in [1.165, 1.54) is 0 Å². The van der Waals surface area contributed by atoms with Gasteiger partial charge in [-0.2, -0.15) is 0 Å². The molecule has 4 atom stereocenters. The molecule has 0 bridgehead atoms. The van der Waals surface area contributed by atoms with Crippen LogP contribution in [0.5, 0.6) is 5.75 Å². The summed E-state index contributed by atoms with van der Waals surface area (Å²) in [7, 11) is 1.55. The van der Waals surface area contributed by atoms with Gasteiger partial charge in [-0.25, -0.2) is 0 Å². The average molecular weight is 493 g/mol. The van der Waals surface area contributed by atoms with Gasteiger partial charge in [-0.3, -0.25) is 0 Å². The topological polar surface area (TPSA) is 86.6 Å². The summed E-state index contributed by atoms with van der Waals surface area (Å²) in [6.07, 6.45) is 1.27. The van der Waals surface area contributed by atoms with Crippen molar-refractivity contribution in [3.05, 3.63) is 64.2 Å². The standard InChI is InChI=1S/C26H33ClO7/c1-30-26(15-21(29)14-24(16-28)34-26)20-4-7-25(27)19(13-20)12-18-2-5-22(6-3-18)32-10-11-33-23-8-9-31-17-23/h2-7,13,21,23-24,28-29H,8-12,14-17H2,1H3. The molecule has 186 valence electrons. The van der Waals surface area contributed by atoms with E-state index >= 15 is 0 Å². The first-order valence-electron chi connectivity index (χ1n) is 11.7. The largest absolute Gasteiger partial charge is 0.491 e. The molecule has 2 N–H and O–H groups in total. The molecule has 2 fully saturated rings. The number of rotatable bonds is 10. The van der Waals surface area contributed by atoms with Gasteiger partial charge in [0.1, 0.15) is 12.4 Å². The van der Waals surface area contributed by atoms with Crippen LogP contribution in [0.2, 0.25) is 5.02 Å². The van der Waals surface area contributed by atoms with Crippen LogP contribution in [0.25, 0.3) is 0 Å². The minimum atomic E-state index is -1.13. The Bertz CT molecular complexity index is 916. The maximum atomic E-state index is 10.3. The molecule has 7 nitrogen and oxygen atoms in total. The highest BCUT2D eigenvalue weighted by Gasteiger charge is 2.43. The maximum absolute atomic E-state index is 10.3. The lowest BCUT2D eigenvalue weighted by Crippen LogP contribution is -2.46. The molecule has 4 rings (SSSR count). The first kappa shape index (κ1) is 25.4. The molecular weight excluding hydrogens is 460 g/mol. The normalized spacial score (nSPS) is 27.1. The van der Waals surface area contributed by atoms with Crippen molar-refractivity contribution in [3.8, 4) is 5.75 Å². The van der Waals surface area contributed by atoms with Gasteiger partial charge in [0, 0.05) is 37.1 Å². The van der Waals surface area contributed by atoms with Crippen LogP contribution in [0, 0.1) is 0 Å². The van der Waals surface area contributed by atoms with Crippen LogP contribution in [0.1, 0.15) is 36.0 Å². The first-order valence-corrected chi connectivity index (χ1v) is 12.1. The molecule has 0 spiro atoms. The second-order valence-electron chi connectivity index (χ2n) is 8.80. The average Bonchev–Trinajstić information content (AvgIpc) is 3.37. The Morgan fingerprint density at radius 2 is 1.97 bits per heavy atom. The van der Waals surface area contributed by atoms with Crippen LogP contribution < -0.4 is 4.74 Å². The van der Waals surface area contributed by atoms with Gasteiger partial charge in [-0.05, 0) is 48.2 Å². The molecular formula is C26H33ClO7. The Morgan fingerprint density at radius 3 is 2.68 bits per heavy atom. The molecule has 4 unspecified atom stereocenters. The van der Waals surface area contributed by atoms with Crippen molar-refractivity contribution in [2.45, 2.75) is 49.8 Å². The van der Waals surface area contributed by atoms with Crippen molar-refractivity contribution in [2.75, 3.05) is 40.1 Å². The zero-order chi connectivity index (χ0) is 24.0. The summed E-state index contributed by atoms with van der Waals surface area (Å²) in [6, 6.07) is 13.5. The number of methoxy groups -OCH3 is 1. The second kappa shape index (κ2) is 11.8. The van der Waals surface area contributed by atoms with Crippen molar-refractivity contribution < 1.29 is 33.9 Å². The molecule has 0 amide bonds. The summed E-state index contributed by atoms with van der Waals surface area (Å²) in [4.78, 5) is 0. The lowest BCUT2D eigenvalue weighted by atomic mass is 9.91. The van der Waals surface area contributed by atoms with E-state index in [9.17, 15) is 10.2 Å². The SMILES string of the molecule is COC1(c2ccc(Cl)c(Cc3ccc(OCCOC4CCOC4)cc3)c2)CC(O)CC(CO)O1. The number of ether oxygens (including phenoxy) is 5. The van der Waals surface area contributed by atoms with Crippen LogP contribution in [0.4, 0.5) is 0 Å². The van der Waals surface area contributed by atoms with Gasteiger partial charge in [0.2, 0.25) is 0 Å². The summed E-state index contributed by atoms with van der Waals surface area (Å²) in [6.45, 7) is 2.28. The Morgan fingerprint density at radius 1 is 1.15 bits per heavy atom. The number of benzene rings is 2. The fourth-order valence-electron chi connectivity index (χ4n) is 4.50. The Labute approximate surface area is 205 Å². The molecule has 0 aromatic heterocycles. The summed E-state index contributed by atoms with van der Waals surface area (Å²) in [5.41, 5.74) is 2.76. The zero-order valence-electron chi connectivity index (χ0n) is 19.5. The molecule has 2 aliphatic rings. The molecule has 2 saturated heterocycles. The third-order valence-corrected chi connectivity index (χ3v) is 6.70. The van der Waals surface area contributed by atoms with Crippen molar-refractivity contribution in [2.24, 2.45) is 0 Å². The number of aliphatic hydroxyl groups excluding tert-OH is 2. The maximum Gasteiger partial charge on any atom is 0.197 e. The smallest absolute Gasteiger partial charge is 0.197 e. The van der Waals surface area contributed by atoms with E-state index in [2.05, 4.69) is 0 Å². The van der Waals surface area contributed by atoms with E-state index in [-0.39, 0.29) is 19.1 Å². The molecule has 2 aliphatic heterocycles. The van der Waals surface area contributed by atoms with E-state index < -0.39 is 18.0 Å². The highest BCUT2D eigenvalue weighted by atomic mass is 35.5. The summed E-state index contributed by atoms with van der Waals surface area (Å²) in [5, 5.41) is 20.6. The third-order valence-electron chi connectivity index (χ3n) is 6.33. The summed E-state index contributed by atoms with van der Waals surface area (Å²) >= 11 is 6.51. The number of hydrogen-bond acceptors (Lipinski definition) is 7. The minimum Gasteiger partial charge on any atom is -0.491 e. The van der Waals surface area contributed by atoms with Gasteiger partial charge in [0.05, 0.1) is 38.1 Å². The van der Waals surface area contributed by atoms with Crippen LogP contribution in [-0.2, 0) is 31.2 Å². The number of aliphatic hydroxyl groups is 2. The van der Waals surface area contributed by atoms with Crippen molar-refractivity contribution in [1.29, 1.82) is 0 Å². The fraction of sp³-hybridized carbons (Fsp3) is 0.538. The van der Waals surface area contributed by atoms with Crippen molar-refractivity contribution >= 4 is 11.6 Å². The summed E-state index contributed by atoms with van der Waals surface area (Å²) in [5.74, 6) is -0.345. The molecule has 8 heteroatoms. The molecule has 0 radical (unpaired) electrons. The van der Waals surface area contributed by atoms with Crippen molar-refractivity contribution in [3.63, 3.8) is 0 Å². The van der Waals surface area contributed by atoms with Gasteiger partial charge in [0.25, 0.3) is 0 Å². The van der Waals surface area contributed by atoms with Gasteiger partial charge in [-0.1, -0.05) is 29.8 Å². The van der Waals surface area contributed by atoms with E-state index in [1.54, 1.807) is 7.11 Å². The zero-order valence-corrected chi connectivity index (χ0v) is 20.2. The number of halogens is 1. The van der Waals surface area contributed by atoms with Crippen LogP contribution in [0.15, 0.2) is 42.5 Å². The van der Waals surface area contributed by atoms with Gasteiger partial charge >= 0.3 is 0 Å². The van der Waals surface area contributed by atoms with Crippen LogP contribution >= 0.6 is 11.6 Å². The van der Waals surface area contributed by atoms with Crippen LogP contribution in [-0.4, -0.2) is 68.7 Å². The molecule has 0 aliphatic carbocycles. The van der Waals surface area contributed by atoms with E-state index in [4.69, 9.17) is 35.3 Å². The van der Waals surface area contributed by atoms with E-state index in [0.717, 1.165) is 35.5 Å². The van der Waals surface area contributed by atoms with E-state index in [0.29, 0.717) is 37.7 Å². The van der Waals surface area contributed by atoms with Gasteiger partial charge in [-0.15, -0.1) is 0 Å². The predicted molar refractivity (Wildman–Crippen MR) is 127 cm³/mol. The van der Waals surface area contributed by atoms with E-state index in [1.807, 2.05) is 42.5 Å².